The molecule has 28 heavy (non-hydrogen) atoms. The van der Waals surface area contributed by atoms with Gasteiger partial charge < -0.3 is 0 Å². The van der Waals surface area contributed by atoms with E-state index in [-0.39, 0.29) is 7.25 Å². The zero-order chi connectivity index (χ0) is 19.2. The number of rotatable bonds is 4. The molecule has 0 nitrogen and oxygen atoms in total. The predicted octanol–water partition coefficient (Wildman–Crippen LogP) is 6.20. The van der Waals surface area contributed by atoms with Crippen molar-refractivity contribution in [3.8, 4) is 0 Å². The Kier molecular flexibility index (Phi) is 4.87. The van der Waals surface area contributed by atoms with Gasteiger partial charge in [0.1, 0.15) is 0 Å². The first-order chi connectivity index (χ1) is 13.6. The van der Waals surface area contributed by atoms with Gasteiger partial charge in [-0.1, -0.05) is 0 Å². The zero-order valence-electron chi connectivity index (χ0n) is 15.4. The maximum atomic E-state index is 7.93. The summed E-state index contributed by atoms with van der Waals surface area (Å²) in [4.78, 5) is 0. The monoisotopic (exact) mass is 495 g/mol. The van der Waals surface area contributed by atoms with Crippen LogP contribution in [0.5, 0.6) is 0 Å². The number of hydrogen-bond acceptors (Lipinski definition) is 0. The van der Waals surface area contributed by atoms with Crippen molar-refractivity contribution in [1.29, 1.82) is 0 Å². The Morgan fingerprint density at radius 3 is 1.61 bits per heavy atom. The molecule has 0 fully saturated rings. The molecule has 4 heteroatoms. The van der Waals surface area contributed by atoms with E-state index >= 15 is 0 Å². The fraction of sp³-hybridized carbons (Fsp3) is 0.0833. The predicted molar refractivity (Wildman–Crippen MR) is 121 cm³/mol. The van der Waals surface area contributed by atoms with Crippen molar-refractivity contribution >= 4 is 45.1 Å². The Balaban J connectivity index is 1.70. The third-order valence-corrected chi connectivity index (χ3v) is 40.0. The standard InChI is InChI=1S/2C9H7.C6H5.Al.2ClH.Zr.H/c2*1-2-5-9-7-3-6-8(9)4-1;1-2-4-6-5-3-1;;;;;/h2*1-7H;1-5H;;2*1H;;/q;;;;;;+2;/p-2. The van der Waals surface area contributed by atoms with Crippen LogP contribution in [0.1, 0.15) is 29.5 Å². The average molecular weight is 498 g/mol. The number of fused-ring (bicyclic) bond motifs is 2. The van der Waals surface area contributed by atoms with Crippen molar-refractivity contribution in [2.24, 2.45) is 0 Å². The third-order valence-electron chi connectivity index (χ3n) is 6.25. The van der Waals surface area contributed by atoms with Gasteiger partial charge in [0.25, 0.3) is 0 Å². The second kappa shape index (κ2) is 7.13. The van der Waals surface area contributed by atoms with Crippen LogP contribution in [0.15, 0.2) is 91.0 Å². The van der Waals surface area contributed by atoms with E-state index < -0.39 is 25.4 Å². The molecule has 0 bridgehead atoms. The molecule has 2 unspecified atom stereocenters. The van der Waals surface area contributed by atoms with Crippen molar-refractivity contribution in [2.45, 2.75) is 7.25 Å². The summed E-state index contributed by atoms with van der Waals surface area (Å²) < 4.78 is 1.69. The molecular formula is C24H20AlCl2Zr. The maximum absolute atomic E-state index is 7.93. The van der Waals surface area contributed by atoms with Gasteiger partial charge in [-0.05, 0) is 0 Å². The number of allylic oxidation sites excluding steroid dienone is 2. The number of hydrogen-bond donors (Lipinski definition) is 0. The SMILES string of the molecule is [Cl][Zr]([Cl])([AlH][c]1ccccc1)([CH]1C=Cc2ccccc21)[CH]1C=Cc2ccccc21. The van der Waals surface area contributed by atoms with Crippen LogP contribution in [0.3, 0.4) is 0 Å². The Bertz CT molecular complexity index is 1040. The molecule has 137 valence electrons. The van der Waals surface area contributed by atoms with E-state index in [1.807, 2.05) is 0 Å². The van der Waals surface area contributed by atoms with E-state index in [0.29, 0.717) is 0 Å². The molecule has 0 radical (unpaired) electrons. The van der Waals surface area contributed by atoms with E-state index in [0.717, 1.165) is 0 Å². The summed E-state index contributed by atoms with van der Waals surface area (Å²) >= 11 is -5.26. The molecule has 0 amide bonds. The van der Waals surface area contributed by atoms with Gasteiger partial charge >= 0.3 is 180 Å². The van der Waals surface area contributed by atoms with Gasteiger partial charge in [-0.3, -0.25) is 0 Å². The summed E-state index contributed by atoms with van der Waals surface area (Å²) in [6.45, 7) is 0. The molecule has 2 atom stereocenters. The van der Waals surface area contributed by atoms with Crippen LogP contribution in [-0.4, -0.2) is 11.5 Å². The minimum atomic E-state index is -4.37. The van der Waals surface area contributed by atoms with Gasteiger partial charge in [-0.15, -0.1) is 0 Å². The van der Waals surface area contributed by atoms with Crippen molar-refractivity contribution < 1.29 is 13.9 Å². The molecule has 3 aromatic rings. The molecule has 2 aliphatic rings. The molecular weight excluding hydrogens is 477 g/mol. The van der Waals surface area contributed by atoms with Crippen molar-refractivity contribution in [3.63, 3.8) is 0 Å². The molecule has 0 saturated heterocycles. The van der Waals surface area contributed by atoms with Gasteiger partial charge in [0.15, 0.2) is 0 Å². The molecule has 0 saturated carbocycles. The molecule has 0 heterocycles. The summed E-state index contributed by atoms with van der Waals surface area (Å²) in [5.74, 6) is 0. The molecule has 5 rings (SSSR count). The van der Waals surface area contributed by atoms with Crippen molar-refractivity contribution in [3.05, 3.63) is 113 Å². The third kappa shape index (κ3) is 3.06. The zero-order valence-corrected chi connectivity index (χ0v) is 20.8. The minimum absolute atomic E-state index is 0.161. The van der Waals surface area contributed by atoms with Gasteiger partial charge in [0.2, 0.25) is 0 Å². The van der Waals surface area contributed by atoms with E-state index in [9.17, 15) is 0 Å². The topological polar surface area (TPSA) is 0 Å². The van der Waals surface area contributed by atoms with E-state index in [4.69, 9.17) is 17.0 Å². The molecule has 0 spiro atoms. The van der Waals surface area contributed by atoms with Crippen LogP contribution in [0.25, 0.3) is 12.2 Å². The first-order valence-corrected chi connectivity index (χ1v) is 25.5. The first-order valence-electron chi connectivity index (χ1n) is 9.72. The summed E-state index contributed by atoms with van der Waals surface area (Å²) in [7, 11) is 15.9. The van der Waals surface area contributed by atoms with Gasteiger partial charge in [0, 0.05) is 0 Å². The number of halogens is 2. The van der Waals surface area contributed by atoms with Crippen molar-refractivity contribution in [1.82, 2.24) is 0 Å². The Morgan fingerprint density at radius 2 is 1.07 bits per heavy atom. The molecule has 0 N–H and O–H groups in total. The quantitative estimate of drug-likeness (QED) is 0.377. The fourth-order valence-electron chi connectivity index (χ4n) is 4.93. The molecule has 3 aromatic carbocycles. The second-order valence-corrected chi connectivity index (χ2v) is 47.4. The van der Waals surface area contributed by atoms with Crippen LogP contribution < -0.4 is 4.43 Å². The molecule has 2 aliphatic carbocycles. The van der Waals surface area contributed by atoms with Crippen LogP contribution >= 0.6 is 17.0 Å². The van der Waals surface area contributed by atoms with Gasteiger partial charge in [-0.25, -0.2) is 0 Å². The van der Waals surface area contributed by atoms with Crippen LogP contribution in [-0.2, 0) is 13.9 Å². The Hall–Kier alpha value is -0.864. The summed E-state index contributed by atoms with van der Waals surface area (Å²) in [5, 5.41) is 0. The van der Waals surface area contributed by atoms with E-state index in [2.05, 4.69) is 103 Å². The summed E-state index contributed by atoms with van der Waals surface area (Å²) in [5.41, 5.74) is 5.18. The van der Waals surface area contributed by atoms with Gasteiger partial charge in [0.05, 0.1) is 0 Å². The summed E-state index contributed by atoms with van der Waals surface area (Å²) in [6.07, 6.45) is 9.06. The summed E-state index contributed by atoms with van der Waals surface area (Å²) in [6, 6.07) is 28.0. The first kappa shape index (κ1) is 19.1. The van der Waals surface area contributed by atoms with Crippen LogP contribution in [0, 0.1) is 0 Å². The Labute approximate surface area is 178 Å². The number of benzene rings is 3. The average Bonchev–Trinajstić information content (AvgIpc) is 3.34. The molecule has 0 aliphatic heterocycles. The van der Waals surface area contributed by atoms with Crippen LogP contribution in [0.2, 0.25) is 0 Å². The normalized spacial score (nSPS) is 21.0. The Morgan fingerprint density at radius 1 is 0.607 bits per heavy atom. The van der Waals surface area contributed by atoms with Crippen LogP contribution in [0.4, 0.5) is 0 Å². The van der Waals surface area contributed by atoms with Crippen molar-refractivity contribution in [2.75, 3.05) is 0 Å². The molecule has 0 aromatic heterocycles. The van der Waals surface area contributed by atoms with Gasteiger partial charge in [-0.2, -0.15) is 0 Å². The van der Waals surface area contributed by atoms with E-state index in [1.54, 1.807) is 0 Å². The fourth-order valence-corrected chi connectivity index (χ4v) is 39.3. The second-order valence-electron chi connectivity index (χ2n) is 7.94. The van der Waals surface area contributed by atoms with E-state index in [1.165, 1.54) is 26.7 Å².